The fraction of sp³-hybridized carbons (Fsp3) is 0.250. The third-order valence-electron chi connectivity index (χ3n) is 1.60. The average Bonchev–Trinajstić information content (AvgIpc) is 1.94. The zero-order valence-corrected chi connectivity index (χ0v) is 7.20. The summed E-state index contributed by atoms with van der Waals surface area (Å²) in [5.74, 6) is -1.20. The molecule has 0 aliphatic heterocycles. The Hall–Kier alpha value is -1.30. The molecule has 0 atom stereocenters. The monoisotopic (exact) mass is 182 g/mol. The van der Waals surface area contributed by atoms with Crippen molar-refractivity contribution in [2.75, 3.05) is 5.73 Å². The molecule has 1 aromatic carbocycles. The van der Waals surface area contributed by atoms with E-state index in [1.807, 2.05) is 0 Å². The Kier molecular flexibility index (Phi) is 2.42. The Balaban J connectivity index is 2.86. The van der Waals surface area contributed by atoms with Gasteiger partial charge >= 0.3 is 0 Å². The van der Waals surface area contributed by atoms with Crippen molar-refractivity contribution in [3.05, 3.63) is 23.8 Å². The van der Waals surface area contributed by atoms with Gasteiger partial charge in [-0.2, -0.15) is 0 Å². The van der Waals surface area contributed by atoms with Crippen LogP contribution in [0.4, 0.5) is 5.69 Å². The number of aromatic hydroxyl groups is 1. The normalized spacial score (nSPS) is 11.6. The van der Waals surface area contributed by atoms with Gasteiger partial charge in [0.1, 0.15) is 11.5 Å². The van der Waals surface area contributed by atoms with Crippen LogP contribution in [0, 0.1) is 0 Å². The quantitative estimate of drug-likeness (QED) is 0.229. The van der Waals surface area contributed by atoms with Crippen LogP contribution in [0.15, 0.2) is 18.2 Å². The summed E-state index contributed by atoms with van der Waals surface area (Å²) in [6, 6.07) is 4.75. The van der Waals surface area contributed by atoms with E-state index in [-0.39, 0.29) is 5.75 Å². The molecule has 0 saturated carbocycles. The molecule has 13 heavy (non-hydrogen) atoms. The predicted molar refractivity (Wildman–Crippen MR) is 51.5 cm³/mol. The minimum absolute atomic E-state index is 0.0421. The third-order valence-corrected chi connectivity index (χ3v) is 1.60. The lowest BCUT2D eigenvalue weighted by atomic mass is 10.1. The second-order valence-electron chi connectivity index (χ2n) is 3.18. The summed E-state index contributed by atoms with van der Waals surface area (Å²) in [6.07, 6.45) is 0.303. The van der Waals surface area contributed by atoms with E-state index in [1.54, 1.807) is 12.1 Å². The van der Waals surface area contributed by atoms with Gasteiger partial charge in [0.2, 0.25) is 0 Å². The van der Waals surface area contributed by atoms with E-state index >= 15 is 0 Å². The van der Waals surface area contributed by atoms with Gasteiger partial charge in [-0.15, -0.1) is 0 Å². The second kappa shape index (κ2) is 3.21. The van der Waals surface area contributed by atoms with Gasteiger partial charge in [-0.25, -0.2) is 0 Å². The van der Waals surface area contributed by atoms with E-state index in [0.29, 0.717) is 12.1 Å². The van der Waals surface area contributed by atoms with Crippen molar-refractivity contribution in [2.45, 2.75) is 12.2 Å². The van der Waals surface area contributed by atoms with Crippen LogP contribution < -0.4 is 22.9 Å². The molecule has 0 heterocycles. The first-order valence-electron chi connectivity index (χ1n) is 3.82. The summed E-state index contributed by atoms with van der Waals surface area (Å²) in [4.78, 5) is 0. The van der Waals surface area contributed by atoms with Gasteiger partial charge in [-0.1, -0.05) is 6.07 Å². The number of anilines is 1. The van der Waals surface area contributed by atoms with Gasteiger partial charge in [0, 0.05) is 6.42 Å². The highest BCUT2D eigenvalue weighted by Gasteiger charge is 2.12. The van der Waals surface area contributed by atoms with Gasteiger partial charge in [0.15, 0.2) is 0 Å². The van der Waals surface area contributed by atoms with Crippen LogP contribution in [-0.2, 0) is 6.42 Å². The lowest BCUT2D eigenvalue weighted by molar-refractivity contribution is 0.457. The number of rotatable bonds is 2. The Bertz CT molecular complexity index is 306. The van der Waals surface area contributed by atoms with Crippen molar-refractivity contribution in [3.63, 3.8) is 0 Å². The van der Waals surface area contributed by atoms with Crippen LogP contribution in [0.2, 0.25) is 0 Å². The van der Waals surface area contributed by atoms with Gasteiger partial charge in [0.25, 0.3) is 0 Å². The van der Waals surface area contributed by atoms with Gasteiger partial charge < -0.3 is 28.0 Å². The zero-order chi connectivity index (χ0) is 10.1. The number of nitrogen functional groups attached to an aromatic ring is 1. The number of phenolic OH excluding ortho intramolecular Hbond substituents is 1. The molecule has 0 saturated heterocycles. The van der Waals surface area contributed by atoms with Crippen molar-refractivity contribution >= 4 is 5.69 Å². The molecular weight excluding hydrogens is 168 g/mol. The van der Waals surface area contributed by atoms with Crippen molar-refractivity contribution in [3.8, 4) is 5.75 Å². The molecule has 1 rings (SSSR count). The van der Waals surface area contributed by atoms with Crippen molar-refractivity contribution < 1.29 is 5.11 Å². The molecule has 0 unspecified atom stereocenters. The lowest BCUT2D eigenvalue weighted by Gasteiger charge is -2.18. The Labute approximate surface area is 76.3 Å². The smallest absolute Gasteiger partial charge is 0.138 e. The summed E-state index contributed by atoms with van der Waals surface area (Å²) in [5, 5.41) is 9.12. The van der Waals surface area contributed by atoms with Crippen LogP contribution in [0.5, 0.6) is 5.75 Å². The molecule has 72 valence electrons. The molecule has 0 aromatic heterocycles. The third kappa shape index (κ3) is 2.90. The Morgan fingerprint density at radius 1 is 1.23 bits per heavy atom. The van der Waals surface area contributed by atoms with E-state index in [0.717, 1.165) is 5.56 Å². The first kappa shape index (κ1) is 9.79. The lowest BCUT2D eigenvalue weighted by Crippen LogP contribution is -2.59. The standard InChI is InChI=1S/C8H14N4O/c9-6-3-5(1-2-7(6)13)4-8(10,11)12/h1-3,13H,4,9-12H2. The number of nitrogens with two attached hydrogens (primary N) is 4. The predicted octanol–water partition coefficient (Wildman–Crippen LogP) is -0.953. The number of benzene rings is 1. The summed E-state index contributed by atoms with van der Waals surface area (Å²) in [7, 11) is 0. The maximum atomic E-state index is 9.12. The highest BCUT2D eigenvalue weighted by atomic mass is 16.3. The topological polar surface area (TPSA) is 124 Å². The van der Waals surface area contributed by atoms with Gasteiger partial charge in [0.05, 0.1) is 5.69 Å². The first-order chi connectivity index (χ1) is 5.88. The maximum Gasteiger partial charge on any atom is 0.138 e. The maximum absolute atomic E-state index is 9.12. The molecule has 0 fully saturated rings. The summed E-state index contributed by atoms with van der Waals surface area (Å²) in [6.45, 7) is 0. The van der Waals surface area contributed by atoms with Crippen LogP contribution in [0.1, 0.15) is 5.56 Å². The molecule has 0 amide bonds. The first-order valence-corrected chi connectivity index (χ1v) is 3.82. The molecular formula is C8H14N4O. The van der Waals surface area contributed by atoms with Gasteiger partial charge in [-0.3, -0.25) is 0 Å². The van der Waals surface area contributed by atoms with Crippen molar-refractivity contribution in [1.29, 1.82) is 0 Å². The minimum Gasteiger partial charge on any atom is -0.506 e. The van der Waals surface area contributed by atoms with E-state index in [2.05, 4.69) is 0 Å². The summed E-state index contributed by atoms with van der Waals surface area (Å²) in [5.41, 5.74) is 22.8. The van der Waals surface area contributed by atoms with Crippen LogP contribution in [0.3, 0.4) is 0 Å². The second-order valence-corrected chi connectivity index (χ2v) is 3.18. The number of hydrogen-bond donors (Lipinski definition) is 5. The number of phenols is 1. The Morgan fingerprint density at radius 2 is 1.85 bits per heavy atom. The molecule has 0 spiro atoms. The highest BCUT2D eigenvalue weighted by Crippen LogP contribution is 2.20. The molecule has 0 aliphatic rings. The molecule has 5 nitrogen and oxygen atoms in total. The molecule has 5 heteroatoms. The molecule has 9 N–H and O–H groups in total. The number of hydrogen-bond acceptors (Lipinski definition) is 5. The van der Waals surface area contributed by atoms with Crippen LogP contribution in [-0.4, -0.2) is 10.9 Å². The highest BCUT2D eigenvalue weighted by molar-refractivity contribution is 5.53. The summed E-state index contributed by atoms with van der Waals surface area (Å²) >= 11 is 0. The van der Waals surface area contributed by atoms with Gasteiger partial charge in [-0.05, 0) is 17.7 Å². The van der Waals surface area contributed by atoms with Crippen molar-refractivity contribution in [1.82, 2.24) is 0 Å². The van der Waals surface area contributed by atoms with Crippen LogP contribution >= 0.6 is 0 Å². The van der Waals surface area contributed by atoms with E-state index in [1.165, 1.54) is 6.07 Å². The van der Waals surface area contributed by atoms with Crippen molar-refractivity contribution in [2.24, 2.45) is 17.2 Å². The van der Waals surface area contributed by atoms with Crippen LogP contribution in [0.25, 0.3) is 0 Å². The summed E-state index contributed by atoms with van der Waals surface area (Å²) < 4.78 is 0. The molecule has 0 radical (unpaired) electrons. The molecule has 0 bridgehead atoms. The Morgan fingerprint density at radius 3 is 2.31 bits per heavy atom. The molecule has 0 aliphatic carbocycles. The largest absolute Gasteiger partial charge is 0.506 e. The van der Waals surface area contributed by atoms with E-state index in [9.17, 15) is 0 Å². The molecule has 1 aromatic rings. The van der Waals surface area contributed by atoms with E-state index < -0.39 is 5.79 Å². The SMILES string of the molecule is Nc1cc(CC(N)(N)N)ccc1O. The fourth-order valence-corrected chi connectivity index (χ4v) is 1.07. The zero-order valence-electron chi connectivity index (χ0n) is 7.20. The minimum atomic E-state index is -1.25. The average molecular weight is 182 g/mol. The fourth-order valence-electron chi connectivity index (χ4n) is 1.07. The van der Waals surface area contributed by atoms with E-state index in [4.69, 9.17) is 28.0 Å².